The molecule has 15 heavy (non-hydrogen) atoms. The summed E-state index contributed by atoms with van der Waals surface area (Å²) in [6.07, 6.45) is 7.05. The number of hydrogen-bond acceptors (Lipinski definition) is 4. The summed E-state index contributed by atoms with van der Waals surface area (Å²) < 4.78 is 0. The van der Waals surface area contributed by atoms with Crippen LogP contribution in [-0.2, 0) is 0 Å². The van der Waals surface area contributed by atoms with E-state index < -0.39 is 0 Å². The van der Waals surface area contributed by atoms with Crippen LogP contribution >= 0.6 is 11.3 Å². The first-order valence-electron chi connectivity index (χ1n) is 4.53. The van der Waals surface area contributed by atoms with Crippen LogP contribution in [0.2, 0.25) is 0 Å². The van der Waals surface area contributed by atoms with Gasteiger partial charge in [0.15, 0.2) is 5.82 Å². The molecule has 0 radical (unpaired) electrons. The van der Waals surface area contributed by atoms with E-state index in [9.17, 15) is 0 Å². The quantitative estimate of drug-likeness (QED) is 0.859. The molecule has 0 amide bonds. The zero-order valence-corrected chi connectivity index (χ0v) is 8.81. The topological polar surface area (TPSA) is 46.0 Å². The van der Waals surface area contributed by atoms with Crippen molar-refractivity contribution in [3.05, 3.63) is 40.9 Å². The molecule has 76 valence electrons. The van der Waals surface area contributed by atoms with E-state index in [2.05, 4.69) is 9.97 Å². The van der Waals surface area contributed by atoms with Gasteiger partial charge in [0.2, 0.25) is 0 Å². The van der Waals surface area contributed by atoms with E-state index in [4.69, 9.17) is 5.11 Å². The Labute approximate surface area is 91.8 Å². The molecule has 0 saturated carbocycles. The third-order valence-corrected chi connectivity index (χ3v) is 2.73. The van der Waals surface area contributed by atoms with Crippen molar-refractivity contribution in [2.24, 2.45) is 0 Å². The molecule has 4 heteroatoms. The number of aliphatic hydroxyl groups excluding tert-OH is 1. The fourth-order valence-corrected chi connectivity index (χ4v) is 1.98. The number of nitrogens with zero attached hydrogens (tertiary/aromatic N) is 2. The Bertz CT molecular complexity index is 451. The van der Waals surface area contributed by atoms with Crippen LogP contribution in [0.5, 0.6) is 0 Å². The predicted octanol–water partition coefficient (Wildman–Crippen LogP) is 2.21. The molecular weight excluding hydrogens is 208 g/mol. The predicted molar refractivity (Wildman–Crippen MR) is 61.5 cm³/mol. The van der Waals surface area contributed by atoms with E-state index >= 15 is 0 Å². The van der Waals surface area contributed by atoms with Crippen LogP contribution < -0.4 is 0 Å². The van der Waals surface area contributed by atoms with Crippen LogP contribution in [0.4, 0.5) is 0 Å². The Morgan fingerprint density at radius 2 is 2.13 bits per heavy atom. The normalized spacial score (nSPS) is 11.0. The Morgan fingerprint density at radius 3 is 2.87 bits per heavy atom. The van der Waals surface area contributed by atoms with Gasteiger partial charge < -0.3 is 5.11 Å². The largest absolute Gasteiger partial charge is 0.392 e. The summed E-state index contributed by atoms with van der Waals surface area (Å²) in [5.74, 6) is 0.734. The maximum atomic E-state index is 8.64. The van der Waals surface area contributed by atoms with E-state index in [0.717, 1.165) is 16.3 Å². The van der Waals surface area contributed by atoms with Gasteiger partial charge in [0.05, 0.1) is 6.61 Å². The first-order valence-corrected chi connectivity index (χ1v) is 5.41. The second-order valence-corrected chi connectivity index (χ2v) is 3.84. The molecule has 0 aliphatic rings. The van der Waals surface area contributed by atoms with Gasteiger partial charge in [-0.05, 0) is 18.2 Å². The Hall–Kier alpha value is -1.52. The zero-order valence-electron chi connectivity index (χ0n) is 8.00. The molecule has 0 saturated heterocycles. The van der Waals surface area contributed by atoms with E-state index in [1.165, 1.54) is 0 Å². The lowest BCUT2D eigenvalue weighted by Gasteiger charge is -1.91. The highest BCUT2D eigenvalue weighted by atomic mass is 32.1. The fourth-order valence-electron chi connectivity index (χ4n) is 1.17. The van der Waals surface area contributed by atoms with Crippen molar-refractivity contribution in [3.63, 3.8) is 0 Å². The van der Waals surface area contributed by atoms with E-state index in [-0.39, 0.29) is 6.61 Å². The highest BCUT2D eigenvalue weighted by Gasteiger charge is 2.01. The van der Waals surface area contributed by atoms with Crippen LogP contribution in [0.1, 0.15) is 4.88 Å². The average Bonchev–Trinajstić information content (AvgIpc) is 2.76. The van der Waals surface area contributed by atoms with Gasteiger partial charge in [-0.15, -0.1) is 11.3 Å². The summed E-state index contributed by atoms with van der Waals surface area (Å²) in [7, 11) is 0. The maximum absolute atomic E-state index is 8.64. The summed E-state index contributed by atoms with van der Waals surface area (Å²) in [5.41, 5.74) is 1.01. The number of hydrogen-bond donors (Lipinski definition) is 1. The monoisotopic (exact) mass is 218 g/mol. The summed E-state index contributed by atoms with van der Waals surface area (Å²) in [5, 5.41) is 10.7. The molecule has 0 aromatic carbocycles. The highest BCUT2D eigenvalue weighted by molar-refractivity contribution is 7.11. The van der Waals surface area contributed by atoms with Crippen molar-refractivity contribution in [3.8, 4) is 11.4 Å². The molecule has 0 unspecified atom stereocenters. The van der Waals surface area contributed by atoms with E-state index in [1.54, 1.807) is 35.9 Å². The van der Waals surface area contributed by atoms with Crippen LogP contribution in [0.15, 0.2) is 36.0 Å². The van der Waals surface area contributed by atoms with Gasteiger partial charge in [-0.2, -0.15) is 0 Å². The summed E-state index contributed by atoms with van der Waals surface area (Å²) in [6, 6.07) is 3.80. The maximum Gasteiger partial charge on any atom is 0.159 e. The highest BCUT2D eigenvalue weighted by Crippen LogP contribution is 2.23. The SMILES string of the molecule is OCC=Cc1cc(-c2ncccn2)cs1. The Morgan fingerprint density at radius 1 is 1.33 bits per heavy atom. The summed E-state index contributed by atoms with van der Waals surface area (Å²) in [4.78, 5) is 9.42. The lowest BCUT2D eigenvalue weighted by atomic mass is 10.3. The molecule has 0 fully saturated rings. The molecule has 0 atom stereocenters. The van der Waals surface area contributed by atoms with Crippen molar-refractivity contribution in [2.45, 2.75) is 0 Å². The number of aliphatic hydroxyl groups is 1. The van der Waals surface area contributed by atoms with Gasteiger partial charge >= 0.3 is 0 Å². The van der Waals surface area contributed by atoms with Gasteiger partial charge in [0.1, 0.15) is 0 Å². The van der Waals surface area contributed by atoms with Crippen molar-refractivity contribution >= 4 is 17.4 Å². The van der Waals surface area contributed by atoms with Crippen LogP contribution in [0, 0.1) is 0 Å². The van der Waals surface area contributed by atoms with Gasteiger partial charge in [-0.3, -0.25) is 0 Å². The first-order chi connectivity index (χ1) is 7.40. The van der Waals surface area contributed by atoms with Crippen molar-refractivity contribution < 1.29 is 5.11 Å². The minimum atomic E-state index is 0.0646. The molecule has 0 spiro atoms. The molecule has 2 aromatic rings. The molecule has 1 N–H and O–H groups in total. The molecule has 2 rings (SSSR count). The second-order valence-electron chi connectivity index (χ2n) is 2.90. The van der Waals surface area contributed by atoms with Gasteiger partial charge in [0.25, 0.3) is 0 Å². The van der Waals surface area contributed by atoms with Gasteiger partial charge in [-0.25, -0.2) is 9.97 Å². The lowest BCUT2D eigenvalue weighted by molar-refractivity contribution is 0.343. The third-order valence-electron chi connectivity index (χ3n) is 1.83. The number of aromatic nitrogens is 2. The van der Waals surface area contributed by atoms with Crippen LogP contribution in [-0.4, -0.2) is 21.7 Å². The summed E-state index contributed by atoms with van der Waals surface area (Å²) in [6.45, 7) is 0.0646. The lowest BCUT2D eigenvalue weighted by Crippen LogP contribution is -1.83. The van der Waals surface area contributed by atoms with Crippen molar-refractivity contribution in [2.75, 3.05) is 6.61 Å². The Balaban J connectivity index is 2.24. The van der Waals surface area contributed by atoms with Crippen molar-refractivity contribution in [1.82, 2.24) is 9.97 Å². The van der Waals surface area contributed by atoms with Crippen molar-refractivity contribution in [1.29, 1.82) is 0 Å². The summed E-state index contributed by atoms with van der Waals surface area (Å²) >= 11 is 1.61. The van der Waals surface area contributed by atoms with Crippen LogP contribution in [0.25, 0.3) is 17.5 Å². The van der Waals surface area contributed by atoms with Crippen LogP contribution in [0.3, 0.4) is 0 Å². The molecule has 2 aromatic heterocycles. The molecule has 0 aliphatic heterocycles. The molecule has 2 heterocycles. The minimum Gasteiger partial charge on any atom is -0.392 e. The van der Waals surface area contributed by atoms with E-state index in [1.807, 2.05) is 17.5 Å². The molecule has 3 nitrogen and oxygen atoms in total. The third kappa shape index (κ3) is 2.49. The van der Waals surface area contributed by atoms with Gasteiger partial charge in [0, 0.05) is 28.2 Å². The van der Waals surface area contributed by atoms with Gasteiger partial charge in [-0.1, -0.05) is 6.08 Å². The standard InChI is InChI=1S/C11H10N2OS/c14-6-1-3-10-7-9(8-15-10)11-12-4-2-5-13-11/h1-5,7-8,14H,6H2. The average molecular weight is 218 g/mol. The smallest absolute Gasteiger partial charge is 0.159 e. The molecular formula is C11H10N2OS. The fraction of sp³-hybridized carbons (Fsp3) is 0.0909. The molecule has 0 aliphatic carbocycles. The number of thiophene rings is 1. The zero-order chi connectivity index (χ0) is 10.5. The minimum absolute atomic E-state index is 0.0646. The first kappa shape index (κ1) is 10.0. The van der Waals surface area contributed by atoms with E-state index in [0.29, 0.717) is 0 Å². The Kier molecular flexibility index (Phi) is 3.22. The molecule has 0 bridgehead atoms. The number of rotatable bonds is 3. The second kappa shape index (κ2) is 4.82.